The van der Waals surface area contributed by atoms with E-state index in [0.717, 1.165) is 43.1 Å². The number of phenolic OH excluding ortho intramolecular Hbond substituents is 1. The zero-order chi connectivity index (χ0) is 18.2. The van der Waals surface area contributed by atoms with Gasteiger partial charge in [0, 0.05) is 24.3 Å². The predicted octanol–water partition coefficient (Wildman–Crippen LogP) is 5.16. The molecule has 6 heteroatoms. The van der Waals surface area contributed by atoms with Crippen molar-refractivity contribution in [2.24, 2.45) is 0 Å². The number of hydrogen-bond acceptors (Lipinski definition) is 5. The van der Waals surface area contributed by atoms with E-state index in [2.05, 4.69) is 44.5 Å². The number of hydrogen-bond donors (Lipinski definition) is 3. The molecule has 3 aromatic heterocycles. The summed E-state index contributed by atoms with van der Waals surface area (Å²) >= 11 is 1.63. The van der Waals surface area contributed by atoms with Crippen LogP contribution in [0.15, 0.2) is 67.0 Å². The summed E-state index contributed by atoms with van der Waals surface area (Å²) in [6.45, 7) is 0.620. The summed E-state index contributed by atoms with van der Waals surface area (Å²) < 4.78 is 1.13. The molecule has 132 valence electrons. The number of rotatable bonds is 4. The van der Waals surface area contributed by atoms with Crippen molar-refractivity contribution in [3.8, 4) is 16.9 Å². The minimum atomic E-state index is 0.275. The minimum absolute atomic E-state index is 0.275. The van der Waals surface area contributed by atoms with Crippen molar-refractivity contribution >= 4 is 37.7 Å². The Morgan fingerprint density at radius 2 is 2.04 bits per heavy atom. The van der Waals surface area contributed by atoms with Crippen LogP contribution in [-0.2, 0) is 6.54 Å². The highest BCUT2D eigenvalue weighted by molar-refractivity contribution is 7.22. The summed E-state index contributed by atoms with van der Waals surface area (Å²) in [4.78, 5) is 12.2. The lowest BCUT2D eigenvalue weighted by Crippen LogP contribution is -1.98. The highest BCUT2D eigenvalue weighted by atomic mass is 32.1. The van der Waals surface area contributed by atoms with Crippen LogP contribution in [0.25, 0.3) is 32.4 Å². The number of pyridine rings is 1. The fraction of sp³-hybridized carbons (Fsp3) is 0.0476. The summed E-state index contributed by atoms with van der Waals surface area (Å²) in [5, 5.41) is 14.9. The smallest absolute Gasteiger partial charge is 0.184 e. The number of nitrogens with one attached hydrogen (secondary N) is 2. The normalized spacial score (nSPS) is 11.3. The van der Waals surface area contributed by atoms with E-state index >= 15 is 0 Å². The molecule has 0 saturated heterocycles. The van der Waals surface area contributed by atoms with E-state index in [4.69, 9.17) is 0 Å². The molecule has 0 aliphatic carbocycles. The maximum absolute atomic E-state index is 9.58. The molecule has 5 rings (SSSR count). The first-order valence-electron chi connectivity index (χ1n) is 8.61. The van der Waals surface area contributed by atoms with Gasteiger partial charge < -0.3 is 15.4 Å². The maximum atomic E-state index is 9.58. The molecule has 2 aromatic carbocycles. The van der Waals surface area contributed by atoms with E-state index in [0.29, 0.717) is 6.54 Å². The highest BCUT2D eigenvalue weighted by Crippen LogP contribution is 2.33. The van der Waals surface area contributed by atoms with E-state index in [1.54, 1.807) is 23.5 Å². The topological polar surface area (TPSA) is 73.8 Å². The second-order valence-electron chi connectivity index (χ2n) is 6.32. The lowest BCUT2D eigenvalue weighted by molar-refractivity contribution is 0.474. The fourth-order valence-corrected chi connectivity index (χ4v) is 4.13. The van der Waals surface area contributed by atoms with Gasteiger partial charge in [-0.1, -0.05) is 29.5 Å². The fourth-order valence-electron chi connectivity index (χ4n) is 3.22. The first-order valence-corrected chi connectivity index (χ1v) is 9.43. The molecule has 0 bridgehead atoms. The van der Waals surface area contributed by atoms with Crippen molar-refractivity contribution in [3.05, 3.63) is 72.6 Å². The van der Waals surface area contributed by atoms with Crippen molar-refractivity contribution in [1.29, 1.82) is 0 Å². The largest absolute Gasteiger partial charge is 0.508 e. The van der Waals surface area contributed by atoms with Crippen LogP contribution < -0.4 is 5.32 Å². The number of fused-ring (bicyclic) bond motifs is 2. The number of aromatic hydroxyl groups is 1. The number of phenols is 1. The first kappa shape index (κ1) is 15.8. The standard InChI is InChI=1S/C21H16N4OS/c26-15-3-1-2-13(10-15)12-24-21-25-18-5-4-14(11-19(18)27-21)16-6-8-22-20-17(16)7-9-23-20/h1-11,26H,12H2,(H,22,23)(H,24,25). The van der Waals surface area contributed by atoms with Gasteiger partial charge in [0.1, 0.15) is 11.4 Å². The van der Waals surface area contributed by atoms with Crippen LogP contribution in [-0.4, -0.2) is 20.1 Å². The molecule has 0 spiro atoms. The van der Waals surface area contributed by atoms with Crippen molar-refractivity contribution in [2.45, 2.75) is 6.54 Å². The number of benzene rings is 2. The monoisotopic (exact) mass is 372 g/mol. The van der Waals surface area contributed by atoms with Crippen LogP contribution in [0.5, 0.6) is 5.75 Å². The van der Waals surface area contributed by atoms with Crippen LogP contribution in [0.1, 0.15) is 5.56 Å². The minimum Gasteiger partial charge on any atom is -0.508 e. The Morgan fingerprint density at radius 3 is 2.96 bits per heavy atom. The lowest BCUT2D eigenvalue weighted by atomic mass is 10.0. The molecular formula is C21H16N4OS. The number of anilines is 1. The predicted molar refractivity (Wildman–Crippen MR) is 110 cm³/mol. The number of aromatic amines is 1. The molecule has 27 heavy (non-hydrogen) atoms. The van der Waals surface area contributed by atoms with Crippen molar-refractivity contribution in [1.82, 2.24) is 15.0 Å². The number of thiazole rings is 1. The summed E-state index contributed by atoms with van der Waals surface area (Å²) in [6, 6.07) is 17.7. The Kier molecular flexibility index (Phi) is 3.76. The molecule has 0 unspecified atom stereocenters. The third-order valence-electron chi connectivity index (χ3n) is 4.51. The van der Waals surface area contributed by atoms with E-state index in [1.165, 1.54) is 0 Å². The quantitative estimate of drug-likeness (QED) is 0.407. The molecule has 3 N–H and O–H groups in total. The van der Waals surface area contributed by atoms with E-state index < -0.39 is 0 Å². The molecule has 0 radical (unpaired) electrons. The molecule has 0 atom stereocenters. The van der Waals surface area contributed by atoms with Crippen molar-refractivity contribution in [3.63, 3.8) is 0 Å². The average molecular weight is 372 g/mol. The summed E-state index contributed by atoms with van der Waals surface area (Å²) in [6.07, 6.45) is 3.74. The van der Waals surface area contributed by atoms with Crippen LogP contribution in [0, 0.1) is 0 Å². The van der Waals surface area contributed by atoms with E-state index in [9.17, 15) is 5.11 Å². The summed E-state index contributed by atoms with van der Waals surface area (Å²) in [5.41, 5.74) is 5.19. The Morgan fingerprint density at radius 1 is 1.07 bits per heavy atom. The number of aromatic nitrogens is 3. The molecule has 0 saturated carbocycles. The van der Waals surface area contributed by atoms with Gasteiger partial charge in [-0.15, -0.1) is 0 Å². The zero-order valence-corrected chi connectivity index (χ0v) is 15.1. The van der Waals surface area contributed by atoms with Gasteiger partial charge in [-0.2, -0.15) is 0 Å². The van der Waals surface area contributed by atoms with Crippen LogP contribution in [0.4, 0.5) is 5.13 Å². The van der Waals surface area contributed by atoms with Crippen LogP contribution in [0.2, 0.25) is 0 Å². The van der Waals surface area contributed by atoms with E-state index in [1.807, 2.05) is 30.6 Å². The van der Waals surface area contributed by atoms with Gasteiger partial charge in [0.25, 0.3) is 0 Å². The molecule has 0 fully saturated rings. The Labute approximate surface area is 159 Å². The van der Waals surface area contributed by atoms with E-state index in [-0.39, 0.29) is 5.75 Å². The molecule has 5 nitrogen and oxygen atoms in total. The first-order chi connectivity index (χ1) is 13.3. The van der Waals surface area contributed by atoms with Gasteiger partial charge in [-0.25, -0.2) is 9.97 Å². The van der Waals surface area contributed by atoms with Gasteiger partial charge in [-0.3, -0.25) is 0 Å². The van der Waals surface area contributed by atoms with Gasteiger partial charge in [0.2, 0.25) is 0 Å². The van der Waals surface area contributed by atoms with Crippen molar-refractivity contribution < 1.29 is 5.11 Å². The Bertz CT molecular complexity index is 1260. The second kappa shape index (κ2) is 6.41. The summed E-state index contributed by atoms with van der Waals surface area (Å²) in [5.74, 6) is 0.275. The third-order valence-corrected chi connectivity index (χ3v) is 5.49. The van der Waals surface area contributed by atoms with Crippen LogP contribution >= 0.6 is 11.3 Å². The molecular weight excluding hydrogens is 356 g/mol. The Balaban J connectivity index is 1.45. The molecule has 0 aliphatic rings. The van der Waals surface area contributed by atoms with Gasteiger partial charge in [0.15, 0.2) is 5.13 Å². The maximum Gasteiger partial charge on any atom is 0.184 e. The number of nitrogens with zero attached hydrogens (tertiary/aromatic N) is 2. The van der Waals surface area contributed by atoms with Crippen LogP contribution in [0.3, 0.4) is 0 Å². The SMILES string of the molecule is Oc1cccc(CNc2nc3ccc(-c4ccnc5[nH]ccc45)cc3s2)c1. The van der Waals surface area contributed by atoms with Gasteiger partial charge in [-0.05, 0) is 53.1 Å². The third kappa shape index (κ3) is 3.00. The highest BCUT2D eigenvalue weighted by Gasteiger charge is 2.09. The van der Waals surface area contributed by atoms with Gasteiger partial charge >= 0.3 is 0 Å². The number of H-pyrrole nitrogens is 1. The molecule has 5 aromatic rings. The second-order valence-corrected chi connectivity index (χ2v) is 7.35. The average Bonchev–Trinajstić information content (AvgIpc) is 3.32. The molecule has 3 heterocycles. The van der Waals surface area contributed by atoms with Gasteiger partial charge in [0.05, 0.1) is 10.2 Å². The molecule has 0 amide bonds. The summed E-state index contributed by atoms with van der Waals surface area (Å²) in [7, 11) is 0. The molecule has 0 aliphatic heterocycles. The lowest BCUT2D eigenvalue weighted by Gasteiger charge is -2.03. The zero-order valence-electron chi connectivity index (χ0n) is 14.3. The Hall–Kier alpha value is -3.38. The van der Waals surface area contributed by atoms with Crippen molar-refractivity contribution in [2.75, 3.05) is 5.32 Å².